The summed E-state index contributed by atoms with van der Waals surface area (Å²) >= 11 is 0. The van der Waals surface area contributed by atoms with E-state index in [0.717, 1.165) is 22.7 Å². The molecule has 0 saturated carbocycles. The van der Waals surface area contributed by atoms with Gasteiger partial charge in [-0.15, -0.1) is 0 Å². The lowest BCUT2D eigenvalue weighted by Gasteiger charge is -2.19. The summed E-state index contributed by atoms with van der Waals surface area (Å²) in [5, 5.41) is 3.44. The van der Waals surface area contributed by atoms with Gasteiger partial charge in [0, 0.05) is 25.5 Å². The predicted octanol–water partition coefficient (Wildman–Crippen LogP) is 3.39. The van der Waals surface area contributed by atoms with Crippen molar-refractivity contribution in [3.05, 3.63) is 48.0 Å². The molecular weight excluding hydrogens is 222 g/mol. The highest BCUT2D eigenvalue weighted by Gasteiger charge is 2.05. The van der Waals surface area contributed by atoms with Crippen LogP contribution in [-0.2, 0) is 0 Å². The van der Waals surface area contributed by atoms with Crippen LogP contribution in [0.5, 0.6) is 0 Å². The highest BCUT2D eigenvalue weighted by atomic mass is 15.1. The minimum absolute atomic E-state index is 0.769. The molecule has 0 radical (unpaired) electrons. The van der Waals surface area contributed by atoms with E-state index in [4.69, 9.17) is 5.73 Å². The van der Waals surface area contributed by atoms with Crippen molar-refractivity contribution < 1.29 is 0 Å². The molecule has 0 bridgehead atoms. The molecule has 0 amide bonds. The third-order valence-electron chi connectivity index (χ3n) is 2.92. The van der Waals surface area contributed by atoms with E-state index in [9.17, 15) is 0 Å². The zero-order chi connectivity index (χ0) is 13.1. The van der Waals surface area contributed by atoms with Gasteiger partial charge in [0.05, 0.1) is 11.4 Å². The SMILES string of the molecule is Cc1ccc(N)cc1Nc1ccccc1N(C)C. The molecule has 94 valence electrons. The van der Waals surface area contributed by atoms with Crippen LogP contribution in [0.2, 0.25) is 0 Å². The zero-order valence-electron chi connectivity index (χ0n) is 11.1. The van der Waals surface area contributed by atoms with Crippen LogP contribution in [0.1, 0.15) is 5.56 Å². The fourth-order valence-corrected chi connectivity index (χ4v) is 1.89. The van der Waals surface area contributed by atoms with Gasteiger partial charge in [-0.25, -0.2) is 0 Å². The molecule has 0 fully saturated rings. The number of nitrogens with zero attached hydrogens (tertiary/aromatic N) is 1. The van der Waals surface area contributed by atoms with Gasteiger partial charge in [-0.3, -0.25) is 0 Å². The molecule has 2 rings (SSSR count). The second-order valence-electron chi connectivity index (χ2n) is 4.61. The average molecular weight is 241 g/mol. The summed E-state index contributed by atoms with van der Waals surface area (Å²) in [7, 11) is 4.07. The van der Waals surface area contributed by atoms with Crippen LogP contribution < -0.4 is 16.0 Å². The van der Waals surface area contributed by atoms with Gasteiger partial charge in [0.1, 0.15) is 0 Å². The van der Waals surface area contributed by atoms with Crippen molar-refractivity contribution in [2.45, 2.75) is 6.92 Å². The van der Waals surface area contributed by atoms with Crippen molar-refractivity contribution >= 4 is 22.7 Å². The van der Waals surface area contributed by atoms with Crippen LogP contribution in [0, 0.1) is 6.92 Å². The lowest BCUT2D eigenvalue weighted by atomic mass is 10.1. The van der Waals surface area contributed by atoms with Crippen LogP contribution >= 0.6 is 0 Å². The van der Waals surface area contributed by atoms with E-state index in [1.807, 2.05) is 44.4 Å². The maximum Gasteiger partial charge on any atom is 0.0621 e. The number of nitrogens with two attached hydrogens (primary N) is 1. The molecule has 0 unspecified atom stereocenters. The minimum atomic E-state index is 0.769. The van der Waals surface area contributed by atoms with E-state index >= 15 is 0 Å². The van der Waals surface area contributed by atoms with Crippen LogP contribution in [0.15, 0.2) is 42.5 Å². The fraction of sp³-hybridized carbons (Fsp3) is 0.200. The monoisotopic (exact) mass is 241 g/mol. The second-order valence-corrected chi connectivity index (χ2v) is 4.61. The molecule has 0 saturated heterocycles. The van der Waals surface area contributed by atoms with Crippen LogP contribution in [0.25, 0.3) is 0 Å². The van der Waals surface area contributed by atoms with Gasteiger partial charge in [-0.05, 0) is 36.8 Å². The summed E-state index contributed by atoms with van der Waals surface area (Å²) < 4.78 is 0. The molecule has 18 heavy (non-hydrogen) atoms. The molecule has 0 heterocycles. The second kappa shape index (κ2) is 5.00. The number of nitrogen functional groups attached to an aromatic ring is 1. The van der Waals surface area contributed by atoms with Crippen molar-refractivity contribution in [1.82, 2.24) is 0 Å². The molecule has 0 spiro atoms. The first-order valence-electron chi connectivity index (χ1n) is 5.97. The lowest BCUT2D eigenvalue weighted by molar-refractivity contribution is 1.13. The zero-order valence-corrected chi connectivity index (χ0v) is 11.1. The Morgan fingerprint density at radius 3 is 2.44 bits per heavy atom. The number of hydrogen-bond donors (Lipinski definition) is 2. The van der Waals surface area contributed by atoms with Gasteiger partial charge >= 0.3 is 0 Å². The Morgan fingerprint density at radius 1 is 1.00 bits per heavy atom. The Kier molecular flexibility index (Phi) is 3.42. The van der Waals surface area contributed by atoms with E-state index < -0.39 is 0 Å². The predicted molar refractivity (Wildman–Crippen MR) is 79.6 cm³/mol. The van der Waals surface area contributed by atoms with Gasteiger partial charge in [-0.1, -0.05) is 18.2 Å². The number of benzene rings is 2. The molecule has 2 aromatic carbocycles. The topological polar surface area (TPSA) is 41.3 Å². The smallest absolute Gasteiger partial charge is 0.0621 e. The summed E-state index contributed by atoms with van der Waals surface area (Å²) in [5.41, 5.74) is 11.1. The van der Waals surface area contributed by atoms with Crippen molar-refractivity contribution in [2.75, 3.05) is 30.0 Å². The van der Waals surface area contributed by atoms with Gasteiger partial charge in [0.2, 0.25) is 0 Å². The highest BCUT2D eigenvalue weighted by Crippen LogP contribution is 2.29. The number of para-hydroxylation sites is 2. The molecule has 3 heteroatoms. The Morgan fingerprint density at radius 2 is 1.72 bits per heavy atom. The Hall–Kier alpha value is -2.16. The maximum atomic E-state index is 5.83. The van der Waals surface area contributed by atoms with Crippen LogP contribution in [-0.4, -0.2) is 14.1 Å². The summed E-state index contributed by atoms with van der Waals surface area (Å²) in [4.78, 5) is 2.09. The van der Waals surface area contributed by atoms with Crippen LogP contribution in [0.3, 0.4) is 0 Å². The number of aryl methyl sites for hydroxylation is 1. The molecule has 0 aliphatic carbocycles. The third kappa shape index (κ3) is 2.56. The Labute approximate surface area is 108 Å². The van der Waals surface area contributed by atoms with E-state index in [2.05, 4.69) is 29.3 Å². The van der Waals surface area contributed by atoms with Crippen LogP contribution in [0.4, 0.5) is 22.7 Å². The molecule has 0 aliphatic rings. The standard InChI is InChI=1S/C15H19N3/c1-11-8-9-12(16)10-14(11)17-13-6-4-5-7-15(13)18(2)3/h4-10,17H,16H2,1-3H3. The first-order valence-corrected chi connectivity index (χ1v) is 5.97. The van der Waals surface area contributed by atoms with Gasteiger partial charge in [0.25, 0.3) is 0 Å². The van der Waals surface area contributed by atoms with Gasteiger partial charge < -0.3 is 16.0 Å². The van der Waals surface area contributed by atoms with E-state index in [1.165, 1.54) is 5.56 Å². The van der Waals surface area contributed by atoms with Gasteiger partial charge in [0.15, 0.2) is 0 Å². The molecule has 2 aromatic rings. The Bertz CT molecular complexity index is 547. The average Bonchev–Trinajstić information content (AvgIpc) is 2.34. The first kappa shape index (κ1) is 12.3. The molecule has 0 atom stereocenters. The molecule has 3 N–H and O–H groups in total. The van der Waals surface area contributed by atoms with E-state index in [0.29, 0.717) is 0 Å². The van der Waals surface area contributed by atoms with Crippen molar-refractivity contribution in [2.24, 2.45) is 0 Å². The summed E-state index contributed by atoms with van der Waals surface area (Å²) in [6, 6.07) is 14.1. The lowest BCUT2D eigenvalue weighted by Crippen LogP contribution is -2.11. The minimum Gasteiger partial charge on any atom is -0.399 e. The fourth-order valence-electron chi connectivity index (χ4n) is 1.89. The number of rotatable bonds is 3. The molecule has 0 aliphatic heterocycles. The molecule has 0 aromatic heterocycles. The molecule has 3 nitrogen and oxygen atoms in total. The third-order valence-corrected chi connectivity index (χ3v) is 2.92. The number of anilines is 4. The normalized spacial score (nSPS) is 10.2. The highest BCUT2D eigenvalue weighted by molar-refractivity contribution is 5.77. The van der Waals surface area contributed by atoms with E-state index in [-0.39, 0.29) is 0 Å². The van der Waals surface area contributed by atoms with Crippen molar-refractivity contribution in [3.8, 4) is 0 Å². The van der Waals surface area contributed by atoms with Gasteiger partial charge in [-0.2, -0.15) is 0 Å². The summed E-state index contributed by atoms with van der Waals surface area (Å²) in [6.07, 6.45) is 0. The Balaban J connectivity index is 2.37. The maximum absolute atomic E-state index is 5.83. The largest absolute Gasteiger partial charge is 0.399 e. The van der Waals surface area contributed by atoms with Crippen molar-refractivity contribution in [3.63, 3.8) is 0 Å². The van der Waals surface area contributed by atoms with Crippen molar-refractivity contribution in [1.29, 1.82) is 0 Å². The summed E-state index contributed by atoms with van der Waals surface area (Å²) in [5.74, 6) is 0. The number of hydrogen-bond acceptors (Lipinski definition) is 3. The summed E-state index contributed by atoms with van der Waals surface area (Å²) in [6.45, 7) is 2.07. The molecular formula is C15H19N3. The number of nitrogens with one attached hydrogen (secondary N) is 1. The van der Waals surface area contributed by atoms with E-state index in [1.54, 1.807) is 0 Å². The quantitative estimate of drug-likeness (QED) is 0.809. The first-order chi connectivity index (χ1) is 8.58.